The van der Waals surface area contributed by atoms with Crippen LogP contribution in [0.1, 0.15) is 21.5 Å². The Bertz CT molecular complexity index is 967. The van der Waals surface area contributed by atoms with E-state index >= 15 is 0 Å². The molecular formula is C22H21N3O3. The summed E-state index contributed by atoms with van der Waals surface area (Å²) >= 11 is 0. The summed E-state index contributed by atoms with van der Waals surface area (Å²) in [4.78, 5) is 27.9. The van der Waals surface area contributed by atoms with Crippen molar-refractivity contribution >= 4 is 29.1 Å². The van der Waals surface area contributed by atoms with Gasteiger partial charge in [-0.25, -0.2) is 9.78 Å². The molecule has 0 aliphatic carbocycles. The lowest BCUT2D eigenvalue weighted by Crippen LogP contribution is -2.15. The summed E-state index contributed by atoms with van der Waals surface area (Å²) in [6.45, 7) is 1.99. The average molecular weight is 375 g/mol. The van der Waals surface area contributed by atoms with E-state index < -0.39 is 0 Å². The molecule has 6 heteroatoms. The van der Waals surface area contributed by atoms with Crippen LogP contribution in [0, 0.1) is 6.92 Å². The van der Waals surface area contributed by atoms with Gasteiger partial charge >= 0.3 is 5.97 Å². The van der Waals surface area contributed by atoms with Crippen LogP contribution in [0.4, 0.5) is 17.2 Å². The third-order valence-corrected chi connectivity index (χ3v) is 4.24. The predicted molar refractivity (Wildman–Crippen MR) is 109 cm³/mol. The Morgan fingerprint density at radius 1 is 0.964 bits per heavy atom. The van der Waals surface area contributed by atoms with E-state index in [1.165, 1.54) is 7.11 Å². The number of methoxy groups -OCH3 is 1. The fourth-order valence-corrected chi connectivity index (χ4v) is 2.68. The van der Waals surface area contributed by atoms with Gasteiger partial charge in [-0.2, -0.15) is 0 Å². The number of rotatable bonds is 6. The summed E-state index contributed by atoms with van der Waals surface area (Å²) in [6.07, 6.45) is 1.94. The first-order valence-corrected chi connectivity index (χ1v) is 8.81. The number of aromatic nitrogens is 1. The number of carbonyl (C=O) groups excluding carboxylic acids is 2. The molecular weight excluding hydrogens is 354 g/mol. The quantitative estimate of drug-likeness (QED) is 0.634. The van der Waals surface area contributed by atoms with Crippen LogP contribution in [0.2, 0.25) is 0 Å². The third-order valence-electron chi connectivity index (χ3n) is 4.24. The second kappa shape index (κ2) is 8.81. The van der Waals surface area contributed by atoms with Crippen LogP contribution in [-0.2, 0) is 16.0 Å². The number of aryl methyl sites for hydroxylation is 1. The van der Waals surface area contributed by atoms with E-state index in [1.54, 1.807) is 36.5 Å². The van der Waals surface area contributed by atoms with Crippen LogP contribution >= 0.6 is 0 Å². The molecule has 28 heavy (non-hydrogen) atoms. The Labute approximate surface area is 163 Å². The summed E-state index contributed by atoms with van der Waals surface area (Å²) in [5.74, 6) is 0.00471. The number of ether oxygens (including phenoxy) is 1. The summed E-state index contributed by atoms with van der Waals surface area (Å²) in [5.41, 5.74) is 4.14. The van der Waals surface area contributed by atoms with E-state index in [2.05, 4.69) is 20.4 Å². The highest BCUT2D eigenvalue weighted by atomic mass is 16.5. The molecule has 2 N–H and O–H groups in total. The first-order chi connectivity index (χ1) is 13.5. The molecule has 1 heterocycles. The first-order valence-electron chi connectivity index (χ1n) is 8.81. The van der Waals surface area contributed by atoms with Crippen molar-refractivity contribution in [3.05, 3.63) is 83.6 Å². The van der Waals surface area contributed by atoms with Gasteiger partial charge in [-0.05, 0) is 54.4 Å². The molecule has 0 fully saturated rings. The topological polar surface area (TPSA) is 80.3 Å². The molecule has 3 rings (SSSR count). The van der Waals surface area contributed by atoms with E-state index in [4.69, 9.17) is 0 Å². The third kappa shape index (κ3) is 4.94. The summed E-state index contributed by atoms with van der Waals surface area (Å²) in [5, 5.41) is 5.99. The summed E-state index contributed by atoms with van der Waals surface area (Å²) in [6, 6.07) is 18.3. The number of hydrogen-bond acceptors (Lipinski definition) is 5. The maximum Gasteiger partial charge on any atom is 0.337 e. The maximum absolute atomic E-state index is 12.2. The molecule has 2 aromatic carbocycles. The molecule has 3 aromatic rings. The number of benzene rings is 2. The molecule has 0 saturated heterocycles. The van der Waals surface area contributed by atoms with Crippen LogP contribution in [0.3, 0.4) is 0 Å². The lowest BCUT2D eigenvalue weighted by molar-refractivity contribution is -0.115. The van der Waals surface area contributed by atoms with Crippen molar-refractivity contribution in [2.75, 3.05) is 17.7 Å². The number of anilines is 3. The molecule has 0 aliphatic rings. The van der Waals surface area contributed by atoms with E-state index in [1.807, 2.05) is 37.3 Å². The molecule has 6 nitrogen and oxygen atoms in total. The molecule has 0 aliphatic heterocycles. The van der Waals surface area contributed by atoms with Gasteiger partial charge in [0.05, 0.1) is 31.0 Å². The highest BCUT2D eigenvalue weighted by Crippen LogP contribution is 2.18. The van der Waals surface area contributed by atoms with Gasteiger partial charge in [-0.15, -0.1) is 0 Å². The van der Waals surface area contributed by atoms with Crippen molar-refractivity contribution in [2.24, 2.45) is 0 Å². The minimum Gasteiger partial charge on any atom is -0.465 e. The van der Waals surface area contributed by atoms with E-state index in [9.17, 15) is 9.59 Å². The average Bonchev–Trinajstić information content (AvgIpc) is 2.71. The molecule has 0 spiro atoms. The van der Waals surface area contributed by atoms with Crippen LogP contribution in [0.15, 0.2) is 66.9 Å². The monoisotopic (exact) mass is 375 g/mol. The number of esters is 1. The van der Waals surface area contributed by atoms with Crippen LogP contribution in [0.25, 0.3) is 0 Å². The zero-order valence-corrected chi connectivity index (χ0v) is 15.7. The Hall–Kier alpha value is -3.67. The fraction of sp³-hybridized carbons (Fsp3) is 0.136. The largest absolute Gasteiger partial charge is 0.465 e. The van der Waals surface area contributed by atoms with Crippen molar-refractivity contribution < 1.29 is 14.3 Å². The smallest absolute Gasteiger partial charge is 0.337 e. The van der Waals surface area contributed by atoms with Crippen LogP contribution in [-0.4, -0.2) is 24.0 Å². The molecule has 0 atom stereocenters. The normalized spacial score (nSPS) is 10.2. The van der Waals surface area contributed by atoms with Crippen molar-refractivity contribution in [3.63, 3.8) is 0 Å². The molecule has 1 amide bonds. The zero-order valence-electron chi connectivity index (χ0n) is 15.7. The highest BCUT2D eigenvalue weighted by molar-refractivity contribution is 5.91. The van der Waals surface area contributed by atoms with Gasteiger partial charge < -0.3 is 15.4 Å². The summed E-state index contributed by atoms with van der Waals surface area (Å²) < 4.78 is 4.68. The number of nitrogens with one attached hydrogen (secondary N) is 2. The van der Waals surface area contributed by atoms with Crippen molar-refractivity contribution in [3.8, 4) is 0 Å². The Kier molecular flexibility index (Phi) is 6.01. The lowest BCUT2D eigenvalue weighted by Gasteiger charge is -2.09. The molecule has 1 aromatic heterocycles. The standard InChI is InChI=1S/C22H21N3O3/c1-15-5-3-4-6-17(15)13-21(26)25-20-12-11-19(14-23-20)24-18-9-7-16(8-10-18)22(27)28-2/h3-12,14,24H,13H2,1-2H3,(H,23,25,26). The van der Waals surface area contributed by atoms with Gasteiger partial charge in [0.25, 0.3) is 0 Å². The van der Waals surface area contributed by atoms with E-state index in [-0.39, 0.29) is 11.9 Å². The Morgan fingerprint density at radius 2 is 1.68 bits per heavy atom. The second-order valence-corrected chi connectivity index (χ2v) is 6.28. The van der Waals surface area contributed by atoms with Gasteiger partial charge in [0.2, 0.25) is 5.91 Å². The van der Waals surface area contributed by atoms with Crippen LogP contribution < -0.4 is 10.6 Å². The number of amides is 1. The van der Waals surface area contributed by atoms with Gasteiger partial charge in [0, 0.05) is 5.69 Å². The Balaban J connectivity index is 1.58. The lowest BCUT2D eigenvalue weighted by atomic mass is 10.1. The molecule has 142 valence electrons. The summed E-state index contributed by atoms with van der Waals surface area (Å²) in [7, 11) is 1.35. The highest BCUT2D eigenvalue weighted by Gasteiger charge is 2.07. The van der Waals surface area contributed by atoms with Crippen LogP contribution in [0.5, 0.6) is 0 Å². The number of pyridine rings is 1. The van der Waals surface area contributed by atoms with Gasteiger partial charge in [-0.1, -0.05) is 24.3 Å². The maximum atomic E-state index is 12.2. The molecule has 0 unspecified atom stereocenters. The molecule has 0 radical (unpaired) electrons. The number of nitrogens with zero attached hydrogens (tertiary/aromatic N) is 1. The molecule has 0 saturated carbocycles. The van der Waals surface area contributed by atoms with Gasteiger partial charge in [0.1, 0.15) is 5.82 Å². The first kappa shape index (κ1) is 19.1. The zero-order chi connectivity index (χ0) is 19.9. The van der Waals surface area contributed by atoms with Gasteiger partial charge in [0.15, 0.2) is 0 Å². The molecule has 0 bridgehead atoms. The van der Waals surface area contributed by atoms with Crippen molar-refractivity contribution in [2.45, 2.75) is 13.3 Å². The van der Waals surface area contributed by atoms with E-state index in [0.29, 0.717) is 17.8 Å². The number of hydrogen-bond donors (Lipinski definition) is 2. The predicted octanol–water partition coefficient (Wildman–Crippen LogP) is 4.10. The van der Waals surface area contributed by atoms with Gasteiger partial charge in [-0.3, -0.25) is 4.79 Å². The fourth-order valence-electron chi connectivity index (χ4n) is 2.68. The Morgan fingerprint density at radius 3 is 2.32 bits per heavy atom. The van der Waals surface area contributed by atoms with Crippen molar-refractivity contribution in [1.82, 2.24) is 4.98 Å². The van der Waals surface area contributed by atoms with E-state index in [0.717, 1.165) is 22.5 Å². The SMILES string of the molecule is COC(=O)c1ccc(Nc2ccc(NC(=O)Cc3ccccc3C)nc2)cc1. The number of carbonyl (C=O) groups is 2. The minimum atomic E-state index is -0.376. The minimum absolute atomic E-state index is 0.110. The van der Waals surface area contributed by atoms with Crippen molar-refractivity contribution in [1.29, 1.82) is 0 Å². The second-order valence-electron chi connectivity index (χ2n) is 6.28.